The summed E-state index contributed by atoms with van der Waals surface area (Å²) in [5.41, 5.74) is 5.25. The maximum atomic E-state index is 13.0. The maximum absolute atomic E-state index is 13.0. The Bertz CT molecular complexity index is 540. The third-order valence-corrected chi connectivity index (χ3v) is 5.72. The summed E-state index contributed by atoms with van der Waals surface area (Å²) in [6, 6.07) is 0.153. The Morgan fingerprint density at radius 1 is 1.22 bits per heavy atom. The molecule has 2 fully saturated rings. The van der Waals surface area contributed by atoms with E-state index in [4.69, 9.17) is 5.73 Å². The first-order valence-corrected chi connectivity index (χ1v) is 9.23. The van der Waals surface area contributed by atoms with Crippen LogP contribution >= 0.6 is 11.3 Å². The second-order valence-electron chi connectivity index (χ2n) is 6.43. The van der Waals surface area contributed by atoms with Gasteiger partial charge < -0.3 is 10.6 Å². The highest BCUT2D eigenvalue weighted by atomic mass is 32.1. The average molecular weight is 336 g/mol. The molecule has 7 heteroatoms. The van der Waals surface area contributed by atoms with E-state index in [2.05, 4.69) is 9.88 Å². The Morgan fingerprint density at radius 2 is 2.00 bits per heavy atom. The Labute approximate surface area is 140 Å². The van der Waals surface area contributed by atoms with Crippen LogP contribution in [0.15, 0.2) is 11.6 Å². The van der Waals surface area contributed by atoms with Crippen LogP contribution < -0.4 is 5.73 Å². The molecule has 1 aromatic rings. The summed E-state index contributed by atoms with van der Waals surface area (Å²) in [5, 5.41) is 3.04. The van der Waals surface area contributed by atoms with Gasteiger partial charge in [0, 0.05) is 24.0 Å². The zero-order valence-electron chi connectivity index (χ0n) is 13.3. The Balaban J connectivity index is 1.61. The molecule has 2 saturated heterocycles. The number of hydrogen-bond donors (Lipinski definition) is 1. The predicted molar refractivity (Wildman–Crippen MR) is 88.8 cm³/mol. The molecule has 0 radical (unpaired) electrons. The number of aromatic nitrogens is 1. The van der Waals surface area contributed by atoms with Crippen LogP contribution in [0.5, 0.6) is 0 Å². The summed E-state index contributed by atoms with van der Waals surface area (Å²) in [6.07, 6.45) is 6.69. The SMILES string of the molecule is NC(=O)CN1CCC(C(=O)N2CCCC[C@H]2c2nccs2)CC1. The molecule has 0 saturated carbocycles. The van der Waals surface area contributed by atoms with Crippen molar-refractivity contribution in [1.29, 1.82) is 0 Å². The second-order valence-corrected chi connectivity index (χ2v) is 7.36. The van der Waals surface area contributed by atoms with Crippen molar-refractivity contribution in [3.8, 4) is 0 Å². The van der Waals surface area contributed by atoms with Crippen LogP contribution in [0, 0.1) is 5.92 Å². The molecular weight excluding hydrogens is 312 g/mol. The molecule has 126 valence electrons. The Morgan fingerprint density at radius 3 is 2.65 bits per heavy atom. The van der Waals surface area contributed by atoms with Gasteiger partial charge in [0.05, 0.1) is 12.6 Å². The number of carbonyl (C=O) groups excluding carboxylic acids is 2. The minimum atomic E-state index is -0.297. The fraction of sp³-hybridized carbons (Fsp3) is 0.688. The Hall–Kier alpha value is -1.47. The number of primary amides is 1. The quantitative estimate of drug-likeness (QED) is 0.901. The van der Waals surface area contributed by atoms with Gasteiger partial charge >= 0.3 is 0 Å². The summed E-state index contributed by atoms with van der Waals surface area (Å²) < 4.78 is 0. The van der Waals surface area contributed by atoms with Gasteiger partial charge in [-0.1, -0.05) is 0 Å². The van der Waals surface area contributed by atoms with E-state index in [1.165, 1.54) is 0 Å². The third kappa shape index (κ3) is 3.90. The first-order valence-electron chi connectivity index (χ1n) is 8.35. The lowest BCUT2D eigenvalue weighted by Gasteiger charge is -2.39. The molecule has 0 aromatic carbocycles. The normalized spacial score (nSPS) is 23.8. The van der Waals surface area contributed by atoms with Gasteiger partial charge in [-0.3, -0.25) is 14.5 Å². The predicted octanol–water partition coefficient (Wildman–Crippen LogP) is 1.39. The highest BCUT2D eigenvalue weighted by Crippen LogP contribution is 2.34. The van der Waals surface area contributed by atoms with Gasteiger partial charge in [0.25, 0.3) is 0 Å². The highest BCUT2D eigenvalue weighted by molar-refractivity contribution is 7.09. The number of nitrogens with zero attached hydrogens (tertiary/aromatic N) is 3. The summed E-state index contributed by atoms with van der Waals surface area (Å²) in [7, 11) is 0. The largest absolute Gasteiger partial charge is 0.369 e. The summed E-state index contributed by atoms with van der Waals surface area (Å²) in [5.74, 6) is 0.0398. The van der Waals surface area contributed by atoms with Crippen molar-refractivity contribution in [3.05, 3.63) is 16.6 Å². The van der Waals surface area contributed by atoms with Gasteiger partial charge in [0.2, 0.25) is 11.8 Å². The first kappa shape index (κ1) is 16.4. The number of amides is 2. The molecule has 0 unspecified atom stereocenters. The van der Waals surface area contributed by atoms with Crippen molar-refractivity contribution >= 4 is 23.2 Å². The number of piperidine rings is 2. The van der Waals surface area contributed by atoms with Gasteiger partial charge in [-0.25, -0.2) is 4.98 Å². The van der Waals surface area contributed by atoms with E-state index in [0.29, 0.717) is 6.54 Å². The lowest BCUT2D eigenvalue weighted by molar-refractivity contribution is -0.141. The number of nitrogens with two attached hydrogens (primary N) is 1. The maximum Gasteiger partial charge on any atom is 0.231 e. The lowest BCUT2D eigenvalue weighted by atomic mass is 9.92. The number of likely N-dealkylation sites (tertiary alicyclic amines) is 2. The first-order chi connectivity index (χ1) is 11.1. The van der Waals surface area contributed by atoms with Crippen LogP contribution in [0.1, 0.15) is 43.2 Å². The van der Waals surface area contributed by atoms with Gasteiger partial charge in [0.1, 0.15) is 5.01 Å². The van der Waals surface area contributed by atoms with Crippen LogP contribution in [-0.4, -0.2) is 52.8 Å². The third-order valence-electron chi connectivity index (χ3n) is 4.84. The summed E-state index contributed by atoms with van der Waals surface area (Å²) in [4.78, 5) is 32.5. The molecule has 0 spiro atoms. The van der Waals surface area contributed by atoms with E-state index in [9.17, 15) is 9.59 Å². The molecule has 3 rings (SSSR count). The number of carbonyl (C=O) groups is 2. The highest BCUT2D eigenvalue weighted by Gasteiger charge is 2.35. The fourth-order valence-electron chi connectivity index (χ4n) is 3.64. The lowest BCUT2D eigenvalue weighted by Crippen LogP contribution is -2.46. The van der Waals surface area contributed by atoms with Crippen molar-refractivity contribution < 1.29 is 9.59 Å². The van der Waals surface area contributed by atoms with Crippen molar-refractivity contribution in [2.75, 3.05) is 26.2 Å². The van der Waals surface area contributed by atoms with E-state index < -0.39 is 0 Å². The van der Waals surface area contributed by atoms with E-state index in [1.807, 2.05) is 16.5 Å². The minimum absolute atomic E-state index is 0.0692. The monoisotopic (exact) mass is 336 g/mol. The van der Waals surface area contributed by atoms with Gasteiger partial charge in [-0.05, 0) is 45.2 Å². The molecule has 6 nitrogen and oxygen atoms in total. The molecule has 2 aliphatic rings. The molecule has 1 atom stereocenters. The van der Waals surface area contributed by atoms with Crippen LogP contribution in [0.4, 0.5) is 0 Å². The van der Waals surface area contributed by atoms with Crippen LogP contribution in [0.25, 0.3) is 0 Å². The minimum Gasteiger partial charge on any atom is -0.369 e. The van der Waals surface area contributed by atoms with Gasteiger partial charge in [0.15, 0.2) is 0 Å². The van der Waals surface area contributed by atoms with Gasteiger partial charge in [-0.2, -0.15) is 0 Å². The van der Waals surface area contributed by atoms with Crippen LogP contribution in [0.2, 0.25) is 0 Å². The van der Waals surface area contributed by atoms with Crippen molar-refractivity contribution in [2.45, 2.75) is 38.1 Å². The topological polar surface area (TPSA) is 79.5 Å². The number of rotatable bonds is 4. The van der Waals surface area contributed by atoms with Gasteiger partial charge in [-0.15, -0.1) is 11.3 Å². The number of thiazole rings is 1. The van der Waals surface area contributed by atoms with E-state index >= 15 is 0 Å². The second kappa shape index (κ2) is 7.40. The fourth-order valence-corrected chi connectivity index (χ4v) is 4.43. The zero-order chi connectivity index (χ0) is 16.2. The number of hydrogen-bond acceptors (Lipinski definition) is 5. The van der Waals surface area contributed by atoms with Crippen molar-refractivity contribution in [2.24, 2.45) is 11.7 Å². The molecule has 3 heterocycles. The Kier molecular flexibility index (Phi) is 5.27. The molecule has 2 aliphatic heterocycles. The standard InChI is InChI=1S/C16H24N4O2S/c17-14(21)11-19-8-4-12(5-9-19)16(22)20-7-2-1-3-13(20)15-18-6-10-23-15/h6,10,12-13H,1-5,7-9,11H2,(H2,17,21)/t13-/m0/s1. The van der Waals surface area contributed by atoms with Crippen molar-refractivity contribution in [1.82, 2.24) is 14.8 Å². The molecule has 1 aromatic heterocycles. The average Bonchev–Trinajstić information content (AvgIpc) is 3.09. The summed E-state index contributed by atoms with van der Waals surface area (Å²) in [6.45, 7) is 2.68. The summed E-state index contributed by atoms with van der Waals surface area (Å²) >= 11 is 1.64. The molecule has 0 aliphatic carbocycles. The molecule has 2 N–H and O–H groups in total. The zero-order valence-corrected chi connectivity index (χ0v) is 14.1. The van der Waals surface area contributed by atoms with E-state index in [0.717, 1.165) is 56.7 Å². The smallest absolute Gasteiger partial charge is 0.231 e. The molecule has 23 heavy (non-hydrogen) atoms. The van der Waals surface area contributed by atoms with E-state index in [-0.39, 0.29) is 23.8 Å². The van der Waals surface area contributed by atoms with Crippen LogP contribution in [-0.2, 0) is 9.59 Å². The van der Waals surface area contributed by atoms with Crippen molar-refractivity contribution in [3.63, 3.8) is 0 Å². The van der Waals surface area contributed by atoms with E-state index in [1.54, 1.807) is 11.3 Å². The molecular formula is C16H24N4O2S. The van der Waals surface area contributed by atoms with Crippen LogP contribution in [0.3, 0.4) is 0 Å². The molecule has 0 bridgehead atoms. The molecule has 2 amide bonds.